The molecule has 2 nitrogen and oxygen atoms in total. The average molecular weight is 225 g/mol. The summed E-state index contributed by atoms with van der Waals surface area (Å²) in [4.78, 5) is 7.98. The Hall–Kier alpha value is -1.12. The van der Waals surface area contributed by atoms with Crippen LogP contribution in [0.1, 0.15) is 0 Å². The molecule has 0 radical (unpaired) electrons. The molecule has 0 spiro atoms. The van der Waals surface area contributed by atoms with E-state index < -0.39 is 0 Å². The van der Waals surface area contributed by atoms with E-state index in [9.17, 15) is 0 Å². The number of rotatable bonds is 1. The van der Waals surface area contributed by atoms with Crippen LogP contribution in [0.25, 0.3) is 11.1 Å². The lowest BCUT2D eigenvalue weighted by atomic mass is 10.1. The lowest BCUT2D eigenvalue weighted by molar-refractivity contribution is 1.30. The van der Waals surface area contributed by atoms with Crippen molar-refractivity contribution in [3.63, 3.8) is 0 Å². The van der Waals surface area contributed by atoms with E-state index in [1.165, 1.54) is 0 Å². The van der Waals surface area contributed by atoms with Crippen molar-refractivity contribution in [1.82, 2.24) is 9.97 Å². The van der Waals surface area contributed by atoms with Crippen LogP contribution in [0.4, 0.5) is 0 Å². The van der Waals surface area contributed by atoms with E-state index in [-0.39, 0.29) is 0 Å². The van der Waals surface area contributed by atoms with Crippen molar-refractivity contribution in [3.8, 4) is 11.1 Å². The first kappa shape index (κ1) is 9.44. The highest BCUT2D eigenvalue weighted by Gasteiger charge is 2.03. The van der Waals surface area contributed by atoms with E-state index in [1.807, 2.05) is 0 Å². The molecule has 0 aliphatic rings. The fourth-order valence-corrected chi connectivity index (χ4v) is 1.54. The molecular formula is C10H6Cl2N2. The Bertz CT molecular complexity index is 457. The summed E-state index contributed by atoms with van der Waals surface area (Å²) in [5, 5.41) is 1.23. The van der Waals surface area contributed by atoms with Crippen molar-refractivity contribution in [2.75, 3.05) is 0 Å². The number of nitrogens with zero attached hydrogens (tertiary/aromatic N) is 2. The summed E-state index contributed by atoms with van der Waals surface area (Å²) in [5.74, 6) is 0. The summed E-state index contributed by atoms with van der Waals surface area (Å²) < 4.78 is 0. The van der Waals surface area contributed by atoms with Gasteiger partial charge in [-0.05, 0) is 12.1 Å². The van der Waals surface area contributed by atoms with Gasteiger partial charge in [0.1, 0.15) is 0 Å². The van der Waals surface area contributed by atoms with Crippen LogP contribution >= 0.6 is 23.2 Å². The van der Waals surface area contributed by atoms with Gasteiger partial charge in [-0.3, -0.25) is 9.97 Å². The first-order valence-electron chi connectivity index (χ1n) is 3.98. The molecule has 0 saturated carbocycles. The van der Waals surface area contributed by atoms with Crippen LogP contribution in [0.5, 0.6) is 0 Å². The monoisotopic (exact) mass is 224 g/mol. The van der Waals surface area contributed by atoms with Crippen LogP contribution in [-0.2, 0) is 0 Å². The Morgan fingerprint density at radius 3 is 2.57 bits per heavy atom. The van der Waals surface area contributed by atoms with E-state index in [0.29, 0.717) is 10.0 Å². The Kier molecular flexibility index (Phi) is 2.66. The van der Waals surface area contributed by atoms with Crippen LogP contribution in [0.3, 0.4) is 0 Å². The zero-order valence-electron chi connectivity index (χ0n) is 7.11. The van der Waals surface area contributed by atoms with Crippen LogP contribution in [0, 0.1) is 0 Å². The van der Waals surface area contributed by atoms with Gasteiger partial charge in [0.2, 0.25) is 0 Å². The lowest BCUT2D eigenvalue weighted by Crippen LogP contribution is -1.82. The second-order valence-electron chi connectivity index (χ2n) is 2.75. The fraction of sp³-hybridized carbons (Fsp3) is 0. The predicted octanol–water partition coefficient (Wildman–Crippen LogP) is 3.45. The van der Waals surface area contributed by atoms with Crippen LogP contribution in [0.15, 0.2) is 36.9 Å². The fourth-order valence-electron chi connectivity index (χ4n) is 1.15. The third-order valence-corrected chi connectivity index (χ3v) is 2.32. The van der Waals surface area contributed by atoms with Crippen LogP contribution < -0.4 is 0 Å². The number of aromatic nitrogens is 2. The summed E-state index contributed by atoms with van der Waals surface area (Å²) in [5.41, 5.74) is 1.71. The Balaban J connectivity index is 2.55. The summed E-state index contributed by atoms with van der Waals surface area (Å²) in [6, 6.07) is 3.54. The van der Waals surface area contributed by atoms with E-state index in [4.69, 9.17) is 23.2 Å². The summed E-state index contributed by atoms with van der Waals surface area (Å²) in [7, 11) is 0. The Labute approximate surface area is 91.5 Å². The van der Waals surface area contributed by atoms with Gasteiger partial charge in [0.05, 0.1) is 10.0 Å². The van der Waals surface area contributed by atoms with Gasteiger partial charge < -0.3 is 0 Å². The molecule has 0 bridgehead atoms. The minimum absolute atomic E-state index is 0.586. The van der Waals surface area contributed by atoms with Crippen LogP contribution in [-0.4, -0.2) is 9.97 Å². The first-order valence-corrected chi connectivity index (χ1v) is 4.73. The predicted molar refractivity (Wildman–Crippen MR) is 57.5 cm³/mol. The van der Waals surface area contributed by atoms with Gasteiger partial charge in [0, 0.05) is 35.9 Å². The van der Waals surface area contributed by atoms with E-state index in [0.717, 1.165) is 11.1 Å². The third-order valence-electron chi connectivity index (χ3n) is 1.78. The molecule has 70 valence electrons. The number of halogens is 2. The lowest BCUT2D eigenvalue weighted by Gasteiger charge is -2.02. The van der Waals surface area contributed by atoms with Gasteiger partial charge in [0.25, 0.3) is 0 Å². The Morgan fingerprint density at radius 1 is 1.00 bits per heavy atom. The summed E-state index contributed by atoms with van der Waals surface area (Å²) in [6.45, 7) is 0. The van der Waals surface area contributed by atoms with Crippen molar-refractivity contribution in [2.45, 2.75) is 0 Å². The topological polar surface area (TPSA) is 25.8 Å². The zero-order valence-corrected chi connectivity index (χ0v) is 8.63. The molecule has 0 aromatic carbocycles. The van der Waals surface area contributed by atoms with Crippen LogP contribution in [0.2, 0.25) is 10.0 Å². The molecule has 0 atom stereocenters. The second kappa shape index (κ2) is 3.95. The second-order valence-corrected chi connectivity index (χ2v) is 3.59. The van der Waals surface area contributed by atoms with Crippen molar-refractivity contribution < 1.29 is 0 Å². The quantitative estimate of drug-likeness (QED) is 0.742. The molecule has 0 unspecified atom stereocenters. The highest BCUT2D eigenvalue weighted by Crippen LogP contribution is 2.27. The first-order chi connectivity index (χ1) is 6.77. The molecule has 0 aliphatic heterocycles. The molecule has 0 amide bonds. The summed E-state index contributed by atoms with van der Waals surface area (Å²) in [6.07, 6.45) is 6.61. The average Bonchev–Trinajstić information content (AvgIpc) is 2.18. The molecule has 2 heterocycles. The number of pyridine rings is 2. The van der Waals surface area contributed by atoms with Gasteiger partial charge in [-0.2, -0.15) is 0 Å². The highest BCUT2D eigenvalue weighted by atomic mass is 35.5. The zero-order chi connectivity index (χ0) is 9.97. The molecular weight excluding hydrogens is 219 g/mol. The maximum absolute atomic E-state index is 6.00. The molecule has 2 aromatic heterocycles. The van der Waals surface area contributed by atoms with Gasteiger partial charge in [-0.1, -0.05) is 23.2 Å². The molecule has 14 heavy (non-hydrogen) atoms. The van der Waals surface area contributed by atoms with Crippen molar-refractivity contribution >= 4 is 23.2 Å². The Morgan fingerprint density at radius 2 is 1.86 bits per heavy atom. The molecule has 4 heteroatoms. The molecule has 2 aromatic rings. The van der Waals surface area contributed by atoms with Crippen molar-refractivity contribution in [3.05, 3.63) is 47.0 Å². The molecule has 0 saturated heterocycles. The largest absolute Gasteiger partial charge is 0.264 e. The van der Waals surface area contributed by atoms with E-state index in [2.05, 4.69) is 9.97 Å². The van der Waals surface area contributed by atoms with E-state index in [1.54, 1.807) is 36.9 Å². The number of hydrogen-bond acceptors (Lipinski definition) is 2. The third kappa shape index (κ3) is 1.86. The van der Waals surface area contributed by atoms with Gasteiger partial charge in [-0.15, -0.1) is 0 Å². The summed E-state index contributed by atoms with van der Waals surface area (Å²) >= 11 is 11.8. The molecule has 0 aliphatic carbocycles. The minimum atomic E-state index is 0.586. The SMILES string of the molecule is Clc1cncc(-c2cnccc2Cl)c1. The molecule has 0 fully saturated rings. The smallest absolute Gasteiger partial charge is 0.0595 e. The maximum atomic E-state index is 6.00. The highest BCUT2D eigenvalue weighted by molar-refractivity contribution is 6.33. The maximum Gasteiger partial charge on any atom is 0.0595 e. The van der Waals surface area contributed by atoms with Gasteiger partial charge >= 0.3 is 0 Å². The molecule has 0 N–H and O–H groups in total. The standard InChI is InChI=1S/C10H6Cl2N2/c11-8-3-7(4-14-5-8)9-6-13-2-1-10(9)12/h1-6H. The number of hydrogen-bond donors (Lipinski definition) is 0. The van der Waals surface area contributed by atoms with Crippen molar-refractivity contribution in [2.24, 2.45) is 0 Å². The normalized spacial score (nSPS) is 10.1. The minimum Gasteiger partial charge on any atom is -0.264 e. The van der Waals surface area contributed by atoms with Crippen molar-refractivity contribution in [1.29, 1.82) is 0 Å². The molecule has 2 rings (SSSR count). The van der Waals surface area contributed by atoms with E-state index >= 15 is 0 Å². The van der Waals surface area contributed by atoms with Gasteiger partial charge in [0.15, 0.2) is 0 Å². The van der Waals surface area contributed by atoms with Gasteiger partial charge in [-0.25, -0.2) is 0 Å².